The second-order valence-corrected chi connectivity index (χ2v) is 7.24. The number of nitrogens with one attached hydrogen (secondary N) is 1. The van der Waals surface area contributed by atoms with Gasteiger partial charge >= 0.3 is 5.69 Å². The highest BCUT2D eigenvalue weighted by Crippen LogP contribution is 2.29. The number of carbonyl (C=O) groups excluding carboxylic acids is 2. The smallest absolute Gasteiger partial charge is 0.328 e. The van der Waals surface area contributed by atoms with Gasteiger partial charge in [-0.05, 0) is 26.7 Å². The summed E-state index contributed by atoms with van der Waals surface area (Å²) >= 11 is 0. The minimum Gasteiger partial charge on any atom is -0.338 e. The Labute approximate surface area is 158 Å². The third kappa shape index (κ3) is 4.56. The third-order valence-corrected chi connectivity index (χ3v) is 5.04. The van der Waals surface area contributed by atoms with Crippen molar-refractivity contribution < 1.29 is 9.59 Å². The number of rotatable bonds is 4. The van der Waals surface area contributed by atoms with E-state index in [1.807, 2.05) is 24.8 Å². The van der Waals surface area contributed by atoms with Crippen LogP contribution in [0.2, 0.25) is 0 Å². The molecule has 0 radical (unpaired) electrons. The van der Waals surface area contributed by atoms with Crippen LogP contribution in [0, 0.1) is 5.92 Å². The molecule has 0 unspecified atom stereocenters. The van der Waals surface area contributed by atoms with E-state index in [1.165, 1.54) is 16.8 Å². The summed E-state index contributed by atoms with van der Waals surface area (Å²) in [4.78, 5) is 54.0. The van der Waals surface area contributed by atoms with Gasteiger partial charge in [0.2, 0.25) is 11.8 Å². The molecule has 0 aliphatic carbocycles. The lowest BCUT2D eigenvalue weighted by Crippen LogP contribution is -2.48. The predicted molar refractivity (Wildman–Crippen MR) is 102 cm³/mol. The highest BCUT2D eigenvalue weighted by Gasteiger charge is 2.41. The molecule has 2 bridgehead atoms. The summed E-state index contributed by atoms with van der Waals surface area (Å²) in [5.74, 6) is -0.293. The molecule has 3 aliphatic rings. The number of aromatic amines is 1. The summed E-state index contributed by atoms with van der Waals surface area (Å²) in [5, 5.41) is 0. The van der Waals surface area contributed by atoms with Gasteiger partial charge in [0.25, 0.3) is 5.56 Å². The van der Waals surface area contributed by atoms with Crippen molar-refractivity contribution in [2.24, 2.45) is 5.92 Å². The van der Waals surface area contributed by atoms with Crippen molar-refractivity contribution in [3.63, 3.8) is 0 Å². The molecule has 1 N–H and O–H groups in total. The van der Waals surface area contributed by atoms with E-state index in [-0.39, 0.29) is 37.7 Å². The molecule has 1 aromatic rings. The molecular formula is C19H28N4O4. The highest BCUT2D eigenvalue weighted by molar-refractivity contribution is 5.83. The van der Waals surface area contributed by atoms with Crippen LogP contribution in [0.25, 0.3) is 0 Å². The van der Waals surface area contributed by atoms with Crippen LogP contribution in [0.15, 0.2) is 33.5 Å². The van der Waals surface area contributed by atoms with Crippen LogP contribution in [0.3, 0.4) is 0 Å². The van der Waals surface area contributed by atoms with Crippen molar-refractivity contribution in [1.29, 1.82) is 0 Å². The summed E-state index contributed by atoms with van der Waals surface area (Å²) in [7, 11) is 0. The highest BCUT2D eigenvalue weighted by atomic mass is 16.2. The first-order chi connectivity index (χ1) is 12.3. The molecule has 148 valence electrons. The Morgan fingerprint density at radius 2 is 1.96 bits per heavy atom. The van der Waals surface area contributed by atoms with Gasteiger partial charge < -0.3 is 9.80 Å². The fourth-order valence-corrected chi connectivity index (χ4v) is 3.58. The van der Waals surface area contributed by atoms with Crippen molar-refractivity contribution in [2.45, 2.75) is 46.7 Å². The van der Waals surface area contributed by atoms with Crippen molar-refractivity contribution in [3.05, 3.63) is 44.8 Å². The topological polar surface area (TPSA) is 95.5 Å². The molecule has 3 saturated heterocycles. The first-order valence-electron chi connectivity index (χ1n) is 8.86. The zero-order valence-corrected chi connectivity index (χ0v) is 15.1. The molecule has 4 rings (SSSR count). The van der Waals surface area contributed by atoms with E-state index in [2.05, 4.69) is 4.98 Å². The Morgan fingerprint density at radius 3 is 2.63 bits per heavy atom. The summed E-state index contributed by atoms with van der Waals surface area (Å²) in [6.45, 7) is 5.30. The van der Waals surface area contributed by atoms with Gasteiger partial charge in [-0.25, -0.2) is 4.79 Å². The maximum Gasteiger partial charge on any atom is 0.328 e. The van der Waals surface area contributed by atoms with E-state index in [9.17, 15) is 19.2 Å². The number of fused-ring (bicyclic) bond motifs is 4. The van der Waals surface area contributed by atoms with Gasteiger partial charge in [0.05, 0.1) is 5.92 Å². The number of hydrogen-bond acceptors (Lipinski definition) is 4. The van der Waals surface area contributed by atoms with Gasteiger partial charge in [0.15, 0.2) is 0 Å². The number of amides is 2. The van der Waals surface area contributed by atoms with Crippen LogP contribution in [0.1, 0.15) is 34.1 Å². The predicted octanol–water partition coefficient (Wildman–Crippen LogP) is 0.588. The zero-order valence-electron chi connectivity index (χ0n) is 15.1. The van der Waals surface area contributed by atoms with Crippen molar-refractivity contribution in [3.8, 4) is 0 Å². The third-order valence-electron chi connectivity index (χ3n) is 5.04. The first-order valence-corrected chi connectivity index (χ1v) is 8.86. The molecule has 3 fully saturated rings. The van der Waals surface area contributed by atoms with Crippen molar-refractivity contribution >= 4 is 11.8 Å². The fourth-order valence-electron chi connectivity index (χ4n) is 3.58. The number of aromatic nitrogens is 2. The van der Waals surface area contributed by atoms with Gasteiger partial charge in [-0.2, -0.15) is 0 Å². The monoisotopic (exact) mass is 376 g/mol. The van der Waals surface area contributed by atoms with Crippen LogP contribution < -0.4 is 11.2 Å². The Balaban J connectivity index is 0.00000261. The summed E-state index contributed by atoms with van der Waals surface area (Å²) in [6.07, 6.45) is 5.02. The lowest BCUT2D eigenvalue weighted by atomic mass is 9.94. The van der Waals surface area contributed by atoms with Crippen LogP contribution in [-0.4, -0.2) is 56.8 Å². The Hall–Kier alpha value is -2.64. The SMILES string of the molecule is C.CC(C)=CCN1C(=O)[C@@H]2CC[C@H]1CN(C(=O)Cn1ccc(=O)[nH]c1=O)C2. The maximum atomic E-state index is 12.7. The molecule has 0 aromatic carbocycles. The van der Waals surface area contributed by atoms with E-state index >= 15 is 0 Å². The van der Waals surface area contributed by atoms with Crippen LogP contribution in [0.5, 0.6) is 0 Å². The van der Waals surface area contributed by atoms with E-state index in [0.717, 1.165) is 18.4 Å². The van der Waals surface area contributed by atoms with Crippen LogP contribution >= 0.6 is 0 Å². The van der Waals surface area contributed by atoms with Gasteiger partial charge in [0, 0.05) is 37.9 Å². The van der Waals surface area contributed by atoms with Crippen molar-refractivity contribution in [1.82, 2.24) is 19.4 Å². The number of H-pyrrole nitrogens is 1. The molecule has 0 saturated carbocycles. The van der Waals surface area contributed by atoms with Gasteiger partial charge in [0.1, 0.15) is 6.54 Å². The Morgan fingerprint density at radius 1 is 1.22 bits per heavy atom. The molecular weight excluding hydrogens is 348 g/mol. The van der Waals surface area contributed by atoms with E-state index < -0.39 is 11.2 Å². The second-order valence-electron chi connectivity index (χ2n) is 7.24. The first kappa shape index (κ1) is 20.7. The number of carbonyl (C=O) groups is 2. The van der Waals surface area contributed by atoms with Gasteiger partial charge in [-0.3, -0.25) is 23.9 Å². The van der Waals surface area contributed by atoms with E-state index in [4.69, 9.17) is 0 Å². The maximum absolute atomic E-state index is 12.7. The molecule has 4 heterocycles. The van der Waals surface area contributed by atoms with Crippen LogP contribution in [-0.2, 0) is 16.1 Å². The summed E-state index contributed by atoms with van der Waals surface area (Å²) in [6, 6.07) is 1.22. The standard InChI is InChI=1S/C18H24N4O4.CH4/c1-12(2)5-8-22-14-4-3-13(17(22)25)9-21(10-14)16(24)11-20-7-6-15(23)19-18(20)26;/h5-7,13-14H,3-4,8-11H2,1-2H3,(H,19,23,26);1H4/t13-,14+;/m1./s1. The van der Waals surface area contributed by atoms with E-state index in [1.54, 1.807) is 4.90 Å². The number of hydrogen-bond donors (Lipinski definition) is 1. The fraction of sp³-hybridized carbons (Fsp3) is 0.579. The molecule has 1 aromatic heterocycles. The molecule has 8 nitrogen and oxygen atoms in total. The lowest BCUT2D eigenvalue weighted by Gasteiger charge is -2.35. The number of allylic oxidation sites excluding steroid dienone is 1. The Kier molecular flexibility index (Phi) is 6.41. The zero-order chi connectivity index (χ0) is 18.8. The summed E-state index contributed by atoms with van der Waals surface area (Å²) in [5.41, 5.74) is 0.0558. The normalized spacial score (nSPS) is 21.5. The molecule has 0 spiro atoms. The lowest BCUT2D eigenvalue weighted by molar-refractivity contribution is -0.139. The molecule has 2 amide bonds. The Bertz CT molecular complexity index is 850. The minimum absolute atomic E-state index is 0. The molecule has 2 atom stereocenters. The molecule has 27 heavy (non-hydrogen) atoms. The summed E-state index contributed by atoms with van der Waals surface area (Å²) < 4.78 is 1.18. The average Bonchev–Trinajstić information content (AvgIpc) is 2.87. The largest absolute Gasteiger partial charge is 0.338 e. The van der Waals surface area contributed by atoms with Crippen LogP contribution in [0.4, 0.5) is 0 Å². The number of piperidine rings is 1. The molecule has 3 aliphatic heterocycles. The van der Waals surface area contributed by atoms with Gasteiger partial charge in [-0.1, -0.05) is 19.1 Å². The minimum atomic E-state index is -0.607. The van der Waals surface area contributed by atoms with Gasteiger partial charge in [-0.15, -0.1) is 0 Å². The van der Waals surface area contributed by atoms with E-state index in [0.29, 0.717) is 19.6 Å². The molecule has 8 heteroatoms. The van der Waals surface area contributed by atoms with Crippen molar-refractivity contribution in [2.75, 3.05) is 19.6 Å². The second kappa shape index (κ2) is 8.37. The quantitative estimate of drug-likeness (QED) is 0.778. The average molecular weight is 376 g/mol. The number of nitrogens with zero attached hydrogens (tertiary/aromatic N) is 3.